The van der Waals surface area contributed by atoms with Crippen molar-refractivity contribution < 1.29 is 9.47 Å². The molecule has 0 aliphatic carbocycles. The average molecular weight is 299 g/mol. The van der Waals surface area contributed by atoms with Crippen molar-refractivity contribution in [3.63, 3.8) is 0 Å². The number of rotatable bonds is 5. The van der Waals surface area contributed by atoms with Crippen LogP contribution in [0.25, 0.3) is 6.08 Å². The van der Waals surface area contributed by atoms with Gasteiger partial charge in [0.25, 0.3) is 0 Å². The molecule has 2 N–H and O–H groups in total. The highest BCUT2D eigenvalue weighted by Gasteiger charge is 2.15. The minimum absolute atomic E-state index is 0.260. The van der Waals surface area contributed by atoms with Gasteiger partial charge in [0.2, 0.25) is 0 Å². The Kier molecular flexibility index (Phi) is 4.65. The summed E-state index contributed by atoms with van der Waals surface area (Å²) in [7, 11) is 1.64. The molecule has 2 aromatic rings. The van der Waals surface area contributed by atoms with Crippen LogP contribution in [0.3, 0.4) is 0 Å². The van der Waals surface area contributed by atoms with Crippen molar-refractivity contribution in [2.24, 2.45) is 0 Å². The van der Waals surface area contributed by atoms with Crippen molar-refractivity contribution in [2.45, 2.75) is 26.7 Å². The molecule has 1 aromatic heterocycles. The predicted octanol–water partition coefficient (Wildman–Crippen LogP) is 3.93. The van der Waals surface area contributed by atoms with E-state index in [0.29, 0.717) is 23.1 Å². The number of nitrogens with two attached hydrogens (primary N) is 1. The van der Waals surface area contributed by atoms with Crippen LogP contribution in [-0.4, -0.2) is 17.1 Å². The molecule has 5 nitrogen and oxygen atoms in total. The third-order valence-electron chi connectivity index (χ3n) is 3.33. The van der Waals surface area contributed by atoms with Crippen LogP contribution in [0.1, 0.15) is 36.7 Å². The van der Waals surface area contributed by atoms with E-state index in [0.717, 1.165) is 16.9 Å². The first-order chi connectivity index (χ1) is 10.5. The maximum absolute atomic E-state index is 5.95. The minimum atomic E-state index is 0.260. The van der Waals surface area contributed by atoms with Gasteiger partial charge in [-0.25, -0.2) is 9.97 Å². The first-order valence-corrected chi connectivity index (χ1v) is 7.07. The van der Waals surface area contributed by atoms with E-state index in [2.05, 4.69) is 30.4 Å². The van der Waals surface area contributed by atoms with Gasteiger partial charge < -0.3 is 15.2 Å². The predicted molar refractivity (Wildman–Crippen MR) is 88.4 cm³/mol. The van der Waals surface area contributed by atoms with Gasteiger partial charge in [0.15, 0.2) is 11.6 Å². The number of methoxy groups -OCH3 is 1. The summed E-state index contributed by atoms with van der Waals surface area (Å²) < 4.78 is 11.3. The lowest BCUT2D eigenvalue weighted by atomic mass is 9.99. The molecule has 0 spiro atoms. The van der Waals surface area contributed by atoms with E-state index in [4.69, 9.17) is 15.2 Å². The van der Waals surface area contributed by atoms with E-state index >= 15 is 0 Å². The van der Waals surface area contributed by atoms with Crippen molar-refractivity contribution in [2.75, 3.05) is 12.8 Å². The Balaban J connectivity index is 2.50. The number of aryl methyl sites for hydroxylation is 1. The fourth-order valence-electron chi connectivity index (χ4n) is 2.14. The van der Waals surface area contributed by atoms with E-state index in [-0.39, 0.29) is 5.92 Å². The van der Waals surface area contributed by atoms with E-state index in [1.165, 1.54) is 0 Å². The standard InChI is InChI=1S/C17H21N3O2/c1-6-12-7-15(13(10(2)3)8-14(12)21-5)22-16-9-19-11(4)20-17(16)18/h6-10H,1H2,2-5H3,(H2,18,19,20). The molecule has 0 unspecified atom stereocenters. The van der Waals surface area contributed by atoms with Gasteiger partial charge >= 0.3 is 0 Å². The number of aromatic nitrogens is 2. The maximum Gasteiger partial charge on any atom is 0.187 e. The SMILES string of the molecule is C=Cc1cc(Oc2cnc(C)nc2N)c(C(C)C)cc1OC. The molecule has 0 amide bonds. The van der Waals surface area contributed by atoms with Gasteiger partial charge in [-0.2, -0.15) is 0 Å². The summed E-state index contributed by atoms with van der Waals surface area (Å²) in [5, 5.41) is 0. The van der Waals surface area contributed by atoms with Crippen molar-refractivity contribution in [3.05, 3.63) is 41.9 Å². The Labute approximate surface area is 130 Å². The summed E-state index contributed by atoms with van der Waals surface area (Å²) in [4.78, 5) is 8.24. The van der Waals surface area contributed by atoms with E-state index in [1.54, 1.807) is 26.3 Å². The lowest BCUT2D eigenvalue weighted by molar-refractivity contribution is 0.410. The van der Waals surface area contributed by atoms with Crippen LogP contribution in [0, 0.1) is 6.92 Å². The lowest BCUT2D eigenvalue weighted by Crippen LogP contribution is -2.02. The zero-order chi connectivity index (χ0) is 16.3. The lowest BCUT2D eigenvalue weighted by Gasteiger charge is -2.17. The second-order valence-corrected chi connectivity index (χ2v) is 5.26. The number of benzene rings is 1. The number of hydrogen-bond donors (Lipinski definition) is 1. The van der Waals surface area contributed by atoms with Gasteiger partial charge in [-0.3, -0.25) is 0 Å². The Morgan fingerprint density at radius 2 is 1.95 bits per heavy atom. The van der Waals surface area contributed by atoms with Crippen molar-refractivity contribution in [3.8, 4) is 17.2 Å². The molecule has 0 saturated heterocycles. The van der Waals surface area contributed by atoms with Crippen molar-refractivity contribution >= 4 is 11.9 Å². The molecule has 0 bridgehead atoms. The van der Waals surface area contributed by atoms with Gasteiger partial charge in [-0.1, -0.05) is 26.5 Å². The average Bonchev–Trinajstić information content (AvgIpc) is 2.49. The van der Waals surface area contributed by atoms with Gasteiger partial charge in [0, 0.05) is 11.1 Å². The van der Waals surface area contributed by atoms with Crippen LogP contribution >= 0.6 is 0 Å². The Bertz CT molecular complexity index is 697. The summed E-state index contributed by atoms with van der Waals surface area (Å²) in [6.45, 7) is 9.76. The van der Waals surface area contributed by atoms with E-state index in [9.17, 15) is 0 Å². The normalized spacial score (nSPS) is 10.6. The highest BCUT2D eigenvalue weighted by molar-refractivity contribution is 5.62. The number of ether oxygens (including phenoxy) is 2. The zero-order valence-electron chi connectivity index (χ0n) is 13.4. The largest absolute Gasteiger partial charge is 0.496 e. The van der Waals surface area contributed by atoms with Gasteiger partial charge in [-0.15, -0.1) is 0 Å². The molecule has 0 atom stereocenters. The van der Waals surface area contributed by atoms with Crippen molar-refractivity contribution in [1.29, 1.82) is 0 Å². The molecule has 5 heteroatoms. The third kappa shape index (κ3) is 3.19. The van der Waals surface area contributed by atoms with Crippen LogP contribution in [0.4, 0.5) is 5.82 Å². The third-order valence-corrected chi connectivity index (χ3v) is 3.33. The molecule has 1 heterocycles. The molecule has 116 valence electrons. The smallest absolute Gasteiger partial charge is 0.187 e. The van der Waals surface area contributed by atoms with Gasteiger partial charge in [0.05, 0.1) is 13.3 Å². The van der Waals surface area contributed by atoms with Crippen LogP contribution < -0.4 is 15.2 Å². The molecule has 22 heavy (non-hydrogen) atoms. The van der Waals surface area contributed by atoms with Crippen molar-refractivity contribution in [1.82, 2.24) is 9.97 Å². The summed E-state index contributed by atoms with van der Waals surface area (Å²) in [5.41, 5.74) is 7.77. The molecule has 0 saturated carbocycles. The number of hydrogen-bond acceptors (Lipinski definition) is 5. The zero-order valence-corrected chi connectivity index (χ0v) is 13.4. The molecular formula is C17H21N3O2. The van der Waals surface area contributed by atoms with Gasteiger partial charge in [-0.05, 0) is 25.0 Å². The van der Waals surface area contributed by atoms with Crippen LogP contribution in [0.5, 0.6) is 17.2 Å². The quantitative estimate of drug-likeness (QED) is 0.905. The van der Waals surface area contributed by atoms with Crippen LogP contribution in [0.15, 0.2) is 24.9 Å². The highest BCUT2D eigenvalue weighted by Crippen LogP contribution is 2.37. The minimum Gasteiger partial charge on any atom is -0.496 e. The van der Waals surface area contributed by atoms with E-state index in [1.807, 2.05) is 12.1 Å². The topological polar surface area (TPSA) is 70.3 Å². The number of anilines is 1. The number of nitrogen functional groups attached to an aromatic ring is 1. The number of nitrogens with zero attached hydrogens (tertiary/aromatic N) is 2. The Morgan fingerprint density at radius 1 is 1.23 bits per heavy atom. The first-order valence-electron chi connectivity index (χ1n) is 7.07. The summed E-state index contributed by atoms with van der Waals surface area (Å²) in [6, 6.07) is 3.85. The summed E-state index contributed by atoms with van der Waals surface area (Å²) in [5.74, 6) is 3.08. The molecule has 0 aliphatic heterocycles. The van der Waals surface area contributed by atoms with E-state index < -0.39 is 0 Å². The summed E-state index contributed by atoms with van der Waals surface area (Å²) >= 11 is 0. The Hall–Kier alpha value is -2.56. The molecular weight excluding hydrogens is 278 g/mol. The fraction of sp³-hybridized carbons (Fsp3) is 0.294. The summed E-state index contributed by atoms with van der Waals surface area (Å²) in [6.07, 6.45) is 3.31. The second kappa shape index (κ2) is 6.47. The molecule has 1 aromatic carbocycles. The maximum atomic E-state index is 5.95. The molecule has 2 rings (SSSR count). The second-order valence-electron chi connectivity index (χ2n) is 5.26. The fourth-order valence-corrected chi connectivity index (χ4v) is 2.14. The van der Waals surface area contributed by atoms with Crippen LogP contribution in [0.2, 0.25) is 0 Å². The van der Waals surface area contributed by atoms with Gasteiger partial charge in [0.1, 0.15) is 17.3 Å². The molecule has 0 aliphatic rings. The molecule has 0 fully saturated rings. The Morgan fingerprint density at radius 3 is 2.50 bits per heavy atom. The highest BCUT2D eigenvalue weighted by atomic mass is 16.5. The first kappa shape index (κ1) is 15.8. The monoisotopic (exact) mass is 299 g/mol. The molecule has 0 radical (unpaired) electrons. The van der Waals surface area contributed by atoms with Crippen LogP contribution in [-0.2, 0) is 0 Å².